The predicted molar refractivity (Wildman–Crippen MR) is 61.4 cm³/mol. The SMILES string of the molecule is Fc1ccccc1-c1cccc(CCl)c1F. The van der Waals surface area contributed by atoms with E-state index in [1.165, 1.54) is 6.07 Å². The zero-order chi connectivity index (χ0) is 11.5. The first-order valence-electron chi connectivity index (χ1n) is 4.82. The molecular formula is C13H9ClF2. The molecule has 0 aliphatic carbocycles. The molecule has 0 aromatic heterocycles. The molecule has 0 heterocycles. The summed E-state index contributed by atoms with van der Waals surface area (Å²) in [5, 5.41) is 0. The maximum Gasteiger partial charge on any atom is 0.135 e. The van der Waals surface area contributed by atoms with Crippen molar-refractivity contribution in [2.45, 2.75) is 5.88 Å². The van der Waals surface area contributed by atoms with E-state index in [0.717, 1.165) is 0 Å². The highest BCUT2D eigenvalue weighted by Gasteiger charge is 2.11. The molecule has 3 heteroatoms. The highest BCUT2D eigenvalue weighted by molar-refractivity contribution is 6.17. The third-order valence-electron chi connectivity index (χ3n) is 2.39. The summed E-state index contributed by atoms with van der Waals surface area (Å²) < 4.78 is 27.4. The Balaban J connectivity index is 2.61. The van der Waals surface area contributed by atoms with E-state index in [9.17, 15) is 8.78 Å². The predicted octanol–water partition coefficient (Wildman–Crippen LogP) is 4.37. The molecule has 0 amide bonds. The molecule has 0 unspecified atom stereocenters. The van der Waals surface area contributed by atoms with Crippen LogP contribution in [0.15, 0.2) is 42.5 Å². The Morgan fingerprint density at radius 3 is 2.25 bits per heavy atom. The van der Waals surface area contributed by atoms with Gasteiger partial charge in [-0.25, -0.2) is 8.78 Å². The fourth-order valence-corrected chi connectivity index (χ4v) is 1.78. The molecule has 2 rings (SSSR count). The molecule has 0 saturated heterocycles. The van der Waals surface area contributed by atoms with Crippen LogP contribution in [0, 0.1) is 11.6 Å². The smallest absolute Gasteiger partial charge is 0.135 e. The summed E-state index contributed by atoms with van der Waals surface area (Å²) in [5.41, 5.74) is 0.880. The number of benzene rings is 2. The van der Waals surface area contributed by atoms with Crippen molar-refractivity contribution in [3.63, 3.8) is 0 Å². The van der Waals surface area contributed by atoms with Crippen molar-refractivity contribution in [1.82, 2.24) is 0 Å². The van der Waals surface area contributed by atoms with Crippen molar-refractivity contribution < 1.29 is 8.78 Å². The topological polar surface area (TPSA) is 0 Å². The van der Waals surface area contributed by atoms with Gasteiger partial charge in [0, 0.05) is 16.7 Å². The minimum atomic E-state index is -0.456. The lowest BCUT2D eigenvalue weighted by Gasteiger charge is -2.07. The van der Waals surface area contributed by atoms with Crippen LogP contribution in [-0.4, -0.2) is 0 Å². The van der Waals surface area contributed by atoms with Gasteiger partial charge in [-0.1, -0.05) is 36.4 Å². The van der Waals surface area contributed by atoms with Crippen LogP contribution in [0.25, 0.3) is 11.1 Å². The number of rotatable bonds is 2. The van der Waals surface area contributed by atoms with Gasteiger partial charge in [0.25, 0.3) is 0 Å². The monoisotopic (exact) mass is 238 g/mol. The summed E-state index contributed by atoms with van der Waals surface area (Å²) in [6.45, 7) is 0. The third-order valence-corrected chi connectivity index (χ3v) is 2.67. The van der Waals surface area contributed by atoms with Crippen molar-refractivity contribution in [3.8, 4) is 11.1 Å². The quantitative estimate of drug-likeness (QED) is 0.682. The second-order valence-corrected chi connectivity index (χ2v) is 3.66. The molecule has 0 atom stereocenters. The first kappa shape index (κ1) is 11.1. The van der Waals surface area contributed by atoms with Gasteiger partial charge in [-0.3, -0.25) is 0 Å². The zero-order valence-corrected chi connectivity index (χ0v) is 9.14. The molecule has 0 aliphatic rings. The lowest BCUT2D eigenvalue weighted by molar-refractivity contribution is 0.610. The molecule has 2 aromatic rings. The summed E-state index contributed by atoms with van der Waals surface area (Å²) in [7, 11) is 0. The van der Waals surface area contributed by atoms with Gasteiger partial charge in [0.15, 0.2) is 0 Å². The maximum atomic E-state index is 13.9. The molecule has 0 spiro atoms. The lowest BCUT2D eigenvalue weighted by Crippen LogP contribution is -1.92. The van der Waals surface area contributed by atoms with Crippen LogP contribution in [-0.2, 0) is 5.88 Å². The molecule has 0 fully saturated rings. The number of hydrogen-bond donors (Lipinski definition) is 0. The van der Waals surface area contributed by atoms with Gasteiger partial charge in [-0.2, -0.15) is 0 Å². The highest BCUT2D eigenvalue weighted by atomic mass is 35.5. The third kappa shape index (κ3) is 1.93. The molecule has 0 N–H and O–H groups in total. The van der Waals surface area contributed by atoms with Crippen LogP contribution in [0.5, 0.6) is 0 Å². The summed E-state index contributed by atoms with van der Waals surface area (Å²) in [4.78, 5) is 0. The molecule has 82 valence electrons. The van der Waals surface area contributed by atoms with Crippen LogP contribution in [0.4, 0.5) is 8.78 Å². The van der Waals surface area contributed by atoms with Crippen LogP contribution in [0.3, 0.4) is 0 Å². The number of halogens is 3. The normalized spacial score (nSPS) is 10.4. The Morgan fingerprint density at radius 2 is 1.56 bits per heavy atom. The van der Waals surface area contributed by atoms with E-state index in [1.807, 2.05) is 0 Å². The second kappa shape index (κ2) is 4.62. The van der Waals surface area contributed by atoms with Gasteiger partial charge >= 0.3 is 0 Å². The molecule has 0 aliphatic heterocycles. The van der Waals surface area contributed by atoms with E-state index in [-0.39, 0.29) is 17.0 Å². The first-order valence-corrected chi connectivity index (χ1v) is 5.35. The van der Waals surface area contributed by atoms with E-state index in [0.29, 0.717) is 5.56 Å². The summed E-state index contributed by atoms with van der Waals surface area (Å²) in [5.74, 6) is -0.815. The first-order chi connectivity index (χ1) is 7.74. The highest BCUT2D eigenvalue weighted by Crippen LogP contribution is 2.27. The molecule has 16 heavy (non-hydrogen) atoms. The molecule has 0 saturated carbocycles. The Bertz CT molecular complexity index is 509. The fourth-order valence-electron chi connectivity index (χ4n) is 1.57. The average molecular weight is 239 g/mol. The largest absolute Gasteiger partial charge is 0.206 e. The minimum absolute atomic E-state index is 0.0775. The molecule has 0 bridgehead atoms. The Hall–Kier alpha value is -1.41. The van der Waals surface area contributed by atoms with Gasteiger partial charge in [0.2, 0.25) is 0 Å². The molecule has 0 nitrogen and oxygen atoms in total. The summed E-state index contributed by atoms with van der Waals surface area (Å²) in [6, 6.07) is 10.9. The van der Waals surface area contributed by atoms with Gasteiger partial charge in [0.05, 0.1) is 5.88 Å². The van der Waals surface area contributed by atoms with Crippen molar-refractivity contribution in [3.05, 3.63) is 59.7 Å². The van der Waals surface area contributed by atoms with E-state index < -0.39 is 11.6 Å². The maximum absolute atomic E-state index is 13.9. The van der Waals surface area contributed by atoms with E-state index in [2.05, 4.69) is 0 Å². The number of hydrogen-bond acceptors (Lipinski definition) is 0. The Kier molecular flexibility index (Phi) is 3.20. The van der Waals surface area contributed by atoms with Crippen molar-refractivity contribution in [1.29, 1.82) is 0 Å². The van der Waals surface area contributed by atoms with Crippen molar-refractivity contribution in [2.24, 2.45) is 0 Å². The standard InChI is InChI=1S/C13H9ClF2/c14-8-9-4-3-6-11(13(9)16)10-5-1-2-7-12(10)15/h1-7H,8H2. The van der Waals surface area contributed by atoms with E-state index in [1.54, 1.807) is 36.4 Å². The van der Waals surface area contributed by atoms with Gasteiger partial charge in [-0.05, 0) is 6.07 Å². The molecule has 0 radical (unpaired) electrons. The summed E-state index contributed by atoms with van der Waals surface area (Å²) in [6.07, 6.45) is 0. The number of alkyl halides is 1. The van der Waals surface area contributed by atoms with Gasteiger partial charge < -0.3 is 0 Å². The van der Waals surface area contributed by atoms with Crippen molar-refractivity contribution in [2.75, 3.05) is 0 Å². The Morgan fingerprint density at radius 1 is 0.875 bits per heavy atom. The fraction of sp³-hybridized carbons (Fsp3) is 0.0769. The Labute approximate surface area is 97.5 Å². The molecule has 2 aromatic carbocycles. The zero-order valence-electron chi connectivity index (χ0n) is 8.38. The van der Waals surface area contributed by atoms with Crippen LogP contribution < -0.4 is 0 Å². The average Bonchev–Trinajstić information content (AvgIpc) is 2.31. The van der Waals surface area contributed by atoms with E-state index in [4.69, 9.17) is 11.6 Å². The van der Waals surface area contributed by atoms with Gasteiger partial charge in [0.1, 0.15) is 11.6 Å². The van der Waals surface area contributed by atoms with Crippen molar-refractivity contribution >= 4 is 11.6 Å². The van der Waals surface area contributed by atoms with E-state index >= 15 is 0 Å². The lowest BCUT2D eigenvalue weighted by atomic mass is 10.0. The molecular weight excluding hydrogens is 230 g/mol. The minimum Gasteiger partial charge on any atom is -0.206 e. The van der Waals surface area contributed by atoms with Crippen LogP contribution >= 0.6 is 11.6 Å². The van der Waals surface area contributed by atoms with Crippen LogP contribution in [0.2, 0.25) is 0 Å². The van der Waals surface area contributed by atoms with Crippen LogP contribution in [0.1, 0.15) is 5.56 Å². The summed E-state index contributed by atoms with van der Waals surface area (Å²) >= 11 is 5.60. The second-order valence-electron chi connectivity index (χ2n) is 3.39. The van der Waals surface area contributed by atoms with Gasteiger partial charge in [-0.15, -0.1) is 11.6 Å².